The van der Waals surface area contributed by atoms with E-state index >= 15 is 0 Å². The van der Waals surface area contributed by atoms with Crippen LogP contribution >= 0.6 is 11.3 Å². The van der Waals surface area contributed by atoms with Gasteiger partial charge in [0.05, 0.1) is 19.1 Å². The van der Waals surface area contributed by atoms with Gasteiger partial charge in [-0.1, -0.05) is 24.3 Å². The summed E-state index contributed by atoms with van der Waals surface area (Å²) in [5.41, 5.74) is 3.46. The van der Waals surface area contributed by atoms with Crippen LogP contribution in [0.5, 0.6) is 5.75 Å². The summed E-state index contributed by atoms with van der Waals surface area (Å²) < 4.78 is 18.8. The molecule has 3 aromatic rings. The van der Waals surface area contributed by atoms with Crippen molar-refractivity contribution in [1.82, 2.24) is 10.2 Å². The summed E-state index contributed by atoms with van der Waals surface area (Å²) in [6, 6.07) is 17.1. The maximum absolute atomic E-state index is 13.4. The molecule has 0 radical (unpaired) electrons. The Labute approximate surface area is 204 Å². The van der Waals surface area contributed by atoms with E-state index in [1.165, 1.54) is 28.3 Å². The fourth-order valence-corrected chi connectivity index (χ4v) is 5.86. The number of fused-ring (bicyclic) bond motifs is 3. The van der Waals surface area contributed by atoms with Gasteiger partial charge in [0.2, 0.25) is 5.91 Å². The number of benzene rings is 2. The number of ether oxygens (including phenoxy) is 1. The number of piperazine rings is 1. The number of amides is 1. The summed E-state index contributed by atoms with van der Waals surface area (Å²) in [7, 11) is 1.69. The van der Waals surface area contributed by atoms with E-state index in [4.69, 9.17) is 4.74 Å². The van der Waals surface area contributed by atoms with Crippen LogP contribution < -0.4 is 15.0 Å². The number of nitrogens with one attached hydrogen (secondary N) is 1. The number of hydrogen-bond donors (Lipinski definition) is 1. The first-order valence-corrected chi connectivity index (χ1v) is 12.7. The molecule has 2 aliphatic heterocycles. The van der Waals surface area contributed by atoms with Crippen molar-refractivity contribution in [3.63, 3.8) is 0 Å². The normalized spacial score (nSPS) is 19.9. The van der Waals surface area contributed by atoms with E-state index < -0.39 is 0 Å². The van der Waals surface area contributed by atoms with Crippen LogP contribution in [-0.4, -0.2) is 50.1 Å². The lowest BCUT2D eigenvalue weighted by atomic mass is 9.83. The molecule has 2 aliphatic rings. The molecule has 5 rings (SSSR count). The van der Waals surface area contributed by atoms with E-state index in [1.54, 1.807) is 18.4 Å². The van der Waals surface area contributed by atoms with Gasteiger partial charge in [-0.25, -0.2) is 4.39 Å². The zero-order valence-corrected chi connectivity index (χ0v) is 20.2. The van der Waals surface area contributed by atoms with Crippen molar-refractivity contribution in [2.24, 2.45) is 5.92 Å². The van der Waals surface area contributed by atoms with E-state index in [0.717, 1.165) is 50.3 Å². The molecule has 0 saturated carbocycles. The quantitative estimate of drug-likeness (QED) is 0.554. The lowest BCUT2D eigenvalue weighted by Gasteiger charge is -2.49. The highest BCUT2D eigenvalue weighted by molar-refractivity contribution is 7.09. The van der Waals surface area contributed by atoms with Crippen LogP contribution in [0, 0.1) is 11.7 Å². The number of halogens is 1. The number of carbonyl (C=O) groups excluding carboxylic acids is 1. The van der Waals surface area contributed by atoms with Crippen LogP contribution in [0.15, 0.2) is 60.0 Å². The van der Waals surface area contributed by atoms with Gasteiger partial charge in [0.1, 0.15) is 11.6 Å². The minimum atomic E-state index is -0.217. The third kappa shape index (κ3) is 4.95. The summed E-state index contributed by atoms with van der Waals surface area (Å²) >= 11 is 1.72. The SMILES string of the molecule is COc1ccc2c(c1)N1CCN(Cc3ccc(F)cc3)C[C@@H]1[C@@H](C(=O)NCCc1cccs1)C2. The Hall–Kier alpha value is -2.90. The topological polar surface area (TPSA) is 44.8 Å². The molecule has 1 saturated heterocycles. The second-order valence-corrected chi connectivity index (χ2v) is 10.1. The van der Waals surface area contributed by atoms with Crippen molar-refractivity contribution < 1.29 is 13.9 Å². The molecule has 0 unspecified atom stereocenters. The average molecular weight is 480 g/mol. The first-order chi connectivity index (χ1) is 16.6. The third-order valence-corrected chi connectivity index (χ3v) is 7.85. The molecule has 2 atom stereocenters. The molecule has 1 amide bonds. The highest BCUT2D eigenvalue weighted by Crippen LogP contribution is 2.38. The minimum Gasteiger partial charge on any atom is -0.497 e. The Morgan fingerprint density at radius 2 is 2.03 bits per heavy atom. The van der Waals surface area contributed by atoms with Gasteiger partial charge in [-0.2, -0.15) is 0 Å². The molecule has 1 fully saturated rings. The third-order valence-electron chi connectivity index (χ3n) is 6.92. The number of methoxy groups -OCH3 is 1. The van der Waals surface area contributed by atoms with Gasteiger partial charge in [0, 0.05) is 49.4 Å². The van der Waals surface area contributed by atoms with Crippen molar-refractivity contribution in [2.45, 2.75) is 25.4 Å². The smallest absolute Gasteiger partial charge is 0.225 e. The van der Waals surface area contributed by atoms with E-state index in [9.17, 15) is 9.18 Å². The highest BCUT2D eigenvalue weighted by Gasteiger charge is 2.41. The van der Waals surface area contributed by atoms with Crippen LogP contribution in [0.25, 0.3) is 0 Å². The number of nitrogens with zero attached hydrogens (tertiary/aromatic N) is 2. The van der Waals surface area contributed by atoms with E-state index in [-0.39, 0.29) is 23.7 Å². The second kappa shape index (κ2) is 10.2. The van der Waals surface area contributed by atoms with Crippen LogP contribution in [-0.2, 0) is 24.2 Å². The summed E-state index contributed by atoms with van der Waals surface area (Å²) in [5, 5.41) is 5.27. The maximum atomic E-state index is 13.4. The van der Waals surface area contributed by atoms with Crippen molar-refractivity contribution >= 4 is 22.9 Å². The molecule has 3 heterocycles. The fraction of sp³-hybridized carbons (Fsp3) is 0.370. The van der Waals surface area contributed by atoms with Crippen LogP contribution in [0.3, 0.4) is 0 Å². The Bertz CT molecular complexity index is 1120. The fourth-order valence-electron chi connectivity index (χ4n) is 5.15. The molecular weight excluding hydrogens is 449 g/mol. The average Bonchev–Trinajstić information content (AvgIpc) is 3.38. The molecule has 1 N–H and O–H groups in total. The molecule has 5 nitrogen and oxygen atoms in total. The van der Waals surface area contributed by atoms with Gasteiger partial charge in [0.25, 0.3) is 0 Å². The number of anilines is 1. The molecule has 2 aromatic carbocycles. The Kier molecular flexibility index (Phi) is 6.83. The highest BCUT2D eigenvalue weighted by atomic mass is 32.1. The number of carbonyl (C=O) groups is 1. The Morgan fingerprint density at radius 3 is 2.79 bits per heavy atom. The van der Waals surface area contributed by atoms with Crippen molar-refractivity contribution in [3.8, 4) is 5.75 Å². The molecule has 0 aliphatic carbocycles. The first kappa shape index (κ1) is 22.9. The largest absolute Gasteiger partial charge is 0.497 e. The predicted molar refractivity (Wildman–Crippen MR) is 134 cm³/mol. The summed E-state index contributed by atoms with van der Waals surface area (Å²) in [6.07, 6.45) is 1.57. The van der Waals surface area contributed by atoms with Gasteiger partial charge in [-0.05, 0) is 53.6 Å². The van der Waals surface area contributed by atoms with E-state index in [1.807, 2.05) is 24.3 Å². The van der Waals surface area contributed by atoms with Gasteiger partial charge < -0.3 is 15.0 Å². The monoisotopic (exact) mass is 479 g/mol. The lowest BCUT2D eigenvalue weighted by molar-refractivity contribution is -0.126. The molecular formula is C27H30FN3O2S. The molecule has 178 valence electrons. The zero-order valence-electron chi connectivity index (χ0n) is 19.4. The van der Waals surface area contributed by atoms with E-state index in [0.29, 0.717) is 6.54 Å². The number of rotatable bonds is 7. The van der Waals surface area contributed by atoms with E-state index in [2.05, 4.69) is 38.7 Å². The lowest BCUT2D eigenvalue weighted by Crippen LogP contribution is -2.61. The molecule has 34 heavy (non-hydrogen) atoms. The maximum Gasteiger partial charge on any atom is 0.225 e. The molecule has 1 aromatic heterocycles. The second-order valence-electron chi connectivity index (χ2n) is 9.05. The summed E-state index contributed by atoms with van der Waals surface area (Å²) in [5.74, 6) is 0.618. The Balaban J connectivity index is 1.34. The van der Waals surface area contributed by atoms with Gasteiger partial charge in [0.15, 0.2) is 0 Å². The number of thiophene rings is 1. The van der Waals surface area contributed by atoms with Crippen LogP contribution in [0.2, 0.25) is 0 Å². The van der Waals surface area contributed by atoms with Gasteiger partial charge >= 0.3 is 0 Å². The first-order valence-electron chi connectivity index (χ1n) is 11.8. The van der Waals surface area contributed by atoms with Gasteiger partial charge in [-0.15, -0.1) is 11.3 Å². The van der Waals surface area contributed by atoms with Crippen molar-refractivity contribution in [2.75, 3.05) is 38.2 Å². The molecule has 0 bridgehead atoms. The van der Waals surface area contributed by atoms with Crippen molar-refractivity contribution in [1.29, 1.82) is 0 Å². The molecule has 7 heteroatoms. The zero-order chi connectivity index (χ0) is 23.5. The van der Waals surface area contributed by atoms with Crippen LogP contribution in [0.4, 0.5) is 10.1 Å². The summed E-state index contributed by atoms with van der Waals surface area (Å²) in [4.78, 5) is 19.5. The molecule has 0 spiro atoms. The van der Waals surface area contributed by atoms with Crippen LogP contribution in [0.1, 0.15) is 16.0 Å². The van der Waals surface area contributed by atoms with Gasteiger partial charge in [-0.3, -0.25) is 9.69 Å². The predicted octanol–water partition coefficient (Wildman–Crippen LogP) is 4.12. The summed E-state index contributed by atoms with van der Waals surface area (Å²) in [6.45, 7) is 3.92. The standard InChI is InChI=1S/C27H30FN3O2S/c1-33-22-9-6-20-15-24(27(32)29-11-10-23-3-2-14-34-23)26-18-30(12-13-31(26)25(20)16-22)17-19-4-7-21(28)8-5-19/h2-9,14,16,24,26H,10-13,15,17-18H2,1H3,(H,29,32)/t24-,26+/m0/s1. The van der Waals surface area contributed by atoms with Crippen molar-refractivity contribution in [3.05, 3.63) is 81.8 Å². The minimum absolute atomic E-state index is 0.0792. The number of hydrogen-bond acceptors (Lipinski definition) is 5. The Morgan fingerprint density at radius 1 is 1.18 bits per heavy atom.